The molecule has 3 atom stereocenters. The molecule has 0 rings (SSSR count). The predicted octanol–water partition coefficient (Wildman–Crippen LogP) is 12.4. The van der Waals surface area contributed by atoms with Gasteiger partial charge in [-0.1, -0.05) is 192 Å². The van der Waals surface area contributed by atoms with E-state index < -0.39 is 18.2 Å². The lowest BCUT2D eigenvalue weighted by molar-refractivity contribution is -0.124. The van der Waals surface area contributed by atoms with E-state index in [4.69, 9.17) is 0 Å². The molecule has 3 unspecified atom stereocenters. The van der Waals surface area contributed by atoms with E-state index in [9.17, 15) is 20.1 Å². The van der Waals surface area contributed by atoms with Crippen LogP contribution in [0.1, 0.15) is 219 Å². The molecule has 0 radical (unpaired) electrons. The van der Waals surface area contributed by atoms with E-state index in [1.54, 1.807) is 6.08 Å². The Hall–Kier alpha value is -1.43. The summed E-state index contributed by atoms with van der Waals surface area (Å²) in [6.45, 7) is 4.20. The topological polar surface area (TPSA) is 89.8 Å². The standard InChI is InChI=1S/C45H85NO4/c1-3-5-7-9-11-13-15-17-19-21-23-24-26-28-30-32-34-36-38-42(48)40-45(50)46-43(41-47)44(49)39-37-35-33-31-29-27-25-22-20-18-16-14-12-10-8-6-4-2/h23-24,29,31,37,39,42-44,47-49H,3-22,25-28,30,32-36,38,40-41H2,1-2H3,(H,46,50)/b24-23-,31-29+,39-37+. The van der Waals surface area contributed by atoms with Crippen molar-refractivity contribution in [1.82, 2.24) is 5.32 Å². The zero-order valence-corrected chi connectivity index (χ0v) is 33.3. The SMILES string of the molecule is CCCCCCCCCCC/C=C\CCCCCCCC(O)CC(=O)NC(CO)C(O)/C=C/CC/C=C/CCCCCCCCCCCCC. The molecule has 0 aliphatic rings. The summed E-state index contributed by atoms with van der Waals surface area (Å²) in [5, 5.41) is 33.2. The first-order chi connectivity index (χ1) is 24.5. The third kappa shape index (κ3) is 36.4. The summed E-state index contributed by atoms with van der Waals surface area (Å²) in [5.74, 6) is -0.330. The molecule has 5 heteroatoms. The second-order valence-electron chi connectivity index (χ2n) is 14.9. The molecule has 0 aliphatic carbocycles. The second-order valence-corrected chi connectivity index (χ2v) is 14.9. The summed E-state index contributed by atoms with van der Waals surface area (Å²) >= 11 is 0. The predicted molar refractivity (Wildman–Crippen MR) is 218 cm³/mol. The molecule has 4 N–H and O–H groups in total. The number of hydrogen-bond donors (Lipinski definition) is 4. The molecule has 294 valence electrons. The minimum atomic E-state index is -0.953. The zero-order valence-electron chi connectivity index (χ0n) is 33.3. The van der Waals surface area contributed by atoms with E-state index in [0.717, 1.165) is 44.9 Å². The Kier molecular flexibility index (Phi) is 39.2. The summed E-state index contributed by atoms with van der Waals surface area (Å²) in [6.07, 6.45) is 50.0. The third-order valence-corrected chi connectivity index (χ3v) is 9.90. The van der Waals surface area contributed by atoms with Crippen molar-refractivity contribution in [2.24, 2.45) is 0 Å². The fourth-order valence-corrected chi connectivity index (χ4v) is 6.53. The van der Waals surface area contributed by atoms with Gasteiger partial charge in [0.15, 0.2) is 0 Å². The minimum Gasteiger partial charge on any atom is -0.394 e. The summed E-state index contributed by atoms with van der Waals surface area (Å²) in [7, 11) is 0. The minimum absolute atomic E-state index is 0.000603. The van der Waals surface area contributed by atoms with Crippen LogP contribution in [0.2, 0.25) is 0 Å². The largest absolute Gasteiger partial charge is 0.394 e. The molecule has 0 bridgehead atoms. The Morgan fingerprint density at radius 2 is 0.860 bits per heavy atom. The molecular weight excluding hydrogens is 618 g/mol. The Labute approximate surface area is 311 Å². The van der Waals surface area contributed by atoms with Crippen molar-refractivity contribution in [2.45, 2.75) is 238 Å². The van der Waals surface area contributed by atoms with Crippen LogP contribution in [0.3, 0.4) is 0 Å². The number of aliphatic hydroxyl groups is 3. The average molecular weight is 704 g/mol. The number of carbonyl (C=O) groups is 1. The lowest BCUT2D eigenvalue weighted by Gasteiger charge is -2.20. The molecule has 0 aromatic carbocycles. The maximum atomic E-state index is 12.4. The first kappa shape index (κ1) is 48.6. The number of hydrogen-bond acceptors (Lipinski definition) is 4. The van der Waals surface area contributed by atoms with Gasteiger partial charge in [-0.2, -0.15) is 0 Å². The van der Waals surface area contributed by atoms with Crippen molar-refractivity contribution in [3.63, 3.8) is 0 Å². The van der Waals surface area contributed by atoms with Crippen LogP contribution < -0.4 is 5.32 Å². The van der Waals surface area contributed by atoms with Crippen molar-refractivity contribution in [2.75, 3.05) is 6.61 Å². The molecule has 0 heterocycles. The molecule has 0 saturated heterocycles. The summed E-state index contributed by atoms with van der Waals surface area (Å²) in [6, 6.07) is -0.762. The van der Waals surface area contributed by atoms with Crippen LogP contribution in [0.25, 0.3) is 0 Å². The Morgan fingerprint density at radius 3 is 1.28 bits per heavy atom. The lowest BCUT2D eigenvalue weighted by Crippen LogP contribution is -2.45. The highest BCUT2D eigenvalue weighted by Gasteiger charge is 2.20. The van der Waals surface area contributed by atoms with Gasteiger partial charge in [-0.3, -0.25) is 4.79 Å². The number of unbranched alkanes of at least 4 members (excludes halogenated alkanes) is 26. The van der Waals surface area contributed by atoms with Crippen LogP contribution in [-0.2, 0) is 4.79 Å². The molecule has 0 aliphatic heterocycles. The van der Waals surface area contributed by atoms with Crippen molar-refractivity contribution < 1.29 is 20.1 Å². The Balaban J connectivity index is 3.73. The van der Waals surface area contributed by atoms with Gasteiger partial charge in [0.1, 0.15) is 0 Å². The molecule has 0 fully saturated rings. The van der Waals surface area contributed by atoms with E-state index in [0.29, 0.717) is 6.42 Å². The fraction of sp³-hybridized carbons (Fsp3) is 0.844. The van der Waals surface area contributed by atoms with Gasteiger partial charge in [0.2, 0.25) is 5.91 Å². The van der Waals surface area contributed by atoms with Crippen LogP contribution in [0.15, 0.2) is 36.5 Å². The maximum absolute atomic E-state index is 12.4. The van der Waals surface area contributed by atoms with Crippen LogP contribution in [-0.4, -0.2) is 46.1 Å². The van der Waals surface area contributed by atoms with Gasteiger partial charge in [0, 0.05) is 0 Å². The normalized spacial score (nSPS) is 13.9. The van der Waals surface area contributed by atoms with Gasteiger partial charge in [-0.25, -0.2) is 0 Å². The van der Waals surface area contributed by atoms with Crippen LogP contribution in [0.5, 0.6) is 0 Å². The maximum Gasteiger partial charge on any atom is 0.222 e. The number of amides is 1. The van der Waals surface area contributed by atoms with Crippen molar-refractivity contribution >= 4 is 5.91 Å². The van der Waals surface area contributed by atoms with Gasteiger partial charge in [-0.15, -0.1) is 0 Å². The highest BCUT2D eigenvalue weighted by molar-refractivity contribution is 5.76. The number of allylic oxidation sites excluding steroid dienone is 5. The van der Waals surface area contributed by atoms with Gasteiger partial charge < -0.3 is 20.6 Å². The van der Waals surface area contributed by atoms with Crippen molar-refractivity contribution in [3.05, 3.63) is 36.5 Å². The number of carbonyl (C=O) groups excluding carboxylic acids is 1. The highest BCUT2D eigenvalue weighted by Crippen LogP contribution is 2.14. The summed E-state index contributed by atoms with van der Waals surface area (Å²) < 4.78 is 0. The first-order valence-electron chi connectivity index (χ1n) is 21.8. The molecular formula is C45H85NO4. The van der Waals surface area contributed by atoms with Gasteiger partial charge in [0.25, 0.3) is 0 Å². The third-order valence-electron chi connectivity index (χ3n) is 9.90. The van der Waals surface area contributed by atoms with Gasteiger partial charge in [-0.05, 0) is 57.8 Å². The average Bonchev–Trinajstić information content (AvgIpc) is 3.11. The summed E-state index contributed by atoms with van der Waals surface area (Å²) in [4.78, 5) is 12.4. The van der Waals surface area contributed by atoms with E-state index in [1.807, 2.05) is 6.08 Å². The smallest absolute Gasteiger partial charge is 0.222 e. The monoisotopic (exact) mass is 704 g/mol. The first-order valence-corrected chi connectivity index (χ1v) is 21.8. The van der Waals surface area contributed by atoms with E-state index in [1.165, 1.54) is 148 Å². The molecule has 0 saturated carbocycles. The van der Waals surface area contributed by atoms with Gasteiger partial charge in [0.05, 0.1) is 31.3 Å². The van der Waals surface area contributed by atoms with Crippen LogP contribution in [0, 0.1) is 0 Å². The van der Waals surface area contributed by atoms with Gasteiger partial charge >= 0.3 is 0 Å². The van der Waals surface area contributed by atoms with E-state index >= 15 is 0 Å². The Bertz CT molecular complexity index is 779. The number of rotatable bonds is 39. The molecule has 1 amide bonds. The van der Waals surface area contributed by atoms with E-state index in [2.05, 4.69) is 43.5 Å². The fourth-order valence-electron chi connectivity index (χ4n) is 6.53. The van der Waals surface area contributed by atoms with Crippen molar-refractivity contribution in [1.29, 1.82) is 0 Å². The van der Waals surface area contributed by atoms with Crippen LogP contribution in [0.4, 0.5) is 0 Å². The summed E-state index contributed by atoms with van der Waals surface area (Å²) in [5.41, 5.74) is 0. The molecule has 5 nitrogen and oxygen atoms in total. The molecule has 0 aromatic rings. The van der Waals surface area contributed by atoms with E-state index in [-0.39, 0.29) is 18.9 Å². The highest BCUT2D eigenvalue weighted by atomic mass is 16.3. The second kappa shape index (κ2) is 40.3. The molecule has 50 heavy (non-hydrogen) atoms. The number of aliphatic hydroxyl groups excluding tert-OH is 3. The zero-order chi connectivity index (χ0) is 36.6. The lowest BCUT2D eigenvalue weighted by atomic mass is 10.0. The molecule has 0 spiro atoms. The van der Waals surface area contributed by atoms with Crippen molar-refractivity contribution in [3.8, 4) is 0 Å². The number of nitrogens with one attached hydrogen (secondary N) is 1. The van der Waals surface area contributed by atoms with Crippen LogP contribution >= 0.6 is 0 Å². The Morgan fingerprint density at radius 1 is 0.500 bits per heavy atom. The quantitative estimate of drug-likeness (QED) is 0.0379. The molecule has 0 aromatic heterocycles.